The van der Waals surface area contributed by atoms with Gasteiger partial charge in [0.15, 0.2) is 12.4 Å². The van der Waals surface area contributed by atoms with Crippen LogP contribution in [0.4, 0.5) is 0 Å². The molecule has 3 rings (SSSR count). The Hall–Kier alpha value is -1.12. The van der Waals surface area contributed by atoms with E-state index in [1.165, 1.54) is 11.8 Å². The van der Waals surface area contributed by atoms with Crippen molar-refractivity contribution in [1.29, 1.82) is 0 Å². The van der Waals surface area contributed by atoms with E-state index in [2.05, 4.69) is 0 Å². The minimum absolute atomic E-state index is 0.308. The first-order valence-electron chi connectivity index (χ1n) is 9.29. The van der Waals surface area contributed by atoms with Crippen molar-refractivity contribution in [2.75, 3.05) is 12.4 Å². The number of fused-ring (bicyclic) bond motifs is 1. The molecule has 0 spiro atoms. The maximum absolute atomic E-state index is 12.4. The molecule has 0 unspecified atom stereocenters. The van der Waals surface area contributed by atoms with Gasteiger partial charge in [-0.05, 0) is 26.5 Å². The quantitative estimate of drug-likeness (QED) is 0.785. The summed E-state index contributed by atoms with van der Waals surface area (Å²) in [6.07, 6.45) is -3.41. The lowest BCUT2D eigenvalue weighted by Crippen LogP contribution is -2.62. The van der Waals surface area contributed by atoms with Gasteiger partial charge in [0.05, 0.1) is 12.0 Å². The molecule has 6 atom stereocenters. The van der Waals surface area contributed by atoms with Crippen LogP contribution in [-0.4, -0.2) is 53.3 Å². The molecule has 1 N–H and O–H groups in total. The second-order valence-electron chi connectivity index (χ2n) is 7.79. The highest BCUT2D eigenvalue weighted by Gasteiger charge is 2.51. The van der Waals surface area contributed by atoms with Crippen LogP contribution in [0.15, 0.2) is 30.3 Å². The summed E-state index contributed by atoms with van der Waals surface area (Å²) in [5.74, 6) is 0.397. The Kier molecular flexibility index (Phi) is 6.48. The smallest absolute Gasteiger partial charge is 0.311 e. The lowest BCUT2D eigenvalue weighted by molar-refractivity contribution is -0.320. The number of carbonyl (C=O) groups excluding carboxylic acids is 1. The van der Waals surface area contributed by atoms with Crippen molar-refractivity contribution >= 4 is 17.7 Å². The average molecular weight is 397 g/mol. The number of hydrogen-bond acceptors (Lipinski definition) is 7. The molecule has 2 fully saturated rings. The van der Waals surface area contributed by atoms with Gasteiger partial charge >= 0.3 is 5.97 Å². The third kappa shape index (κ3) is 4.66. The van der Waals surface area contributed by atoms with E-state index >= 15 is 0 Å². The van der Waals surface area contributed by atoms with Gasteiger partial charge in [0.25, 0.3) is 0 Å². The van der Waals surface area contributed by atoms with Gasteiger partial charge in [0, 0.05) is 5.56 Å². The average Bonchev–Trinajstić information content (AvgIpc) is 2.64. The molecule has 7 heteroatoms. The van der Waals surface area contributed by atoms with E-state index in [9.17, 15) is 9.90 Å². The van der Waals surface area contributed by atoms with Gasteiger partial charge in [0.1, 0.15) is 23.7 Å². The van der Waals surface area contributed by atoms with Gasteiger partial charge in [-0.25, -0.2) is 0 Å². The Morgan fingerprint density at radius 3 is 2.59 bits per heavy atom. The van der Waals surface area contributed by atoms with Crippen LogP contribution in [0.1, 0.15) is 39.5 Å². The number of aliphatic hydroxyl groups excluding tert-OH is 1. The van der Waals surface area contributed by atoms with E-state index < -0.39 is 41.6 Å². The summed E-state index contributed by atoms with van der Waals surface area (Å²) in [6.45, 7) is 7.65. The maximum Gasteiger partial charge on any atom is 0.311 e. The normalized spacial score (nSPS) is 34.0. The molecule has 0 radical (unpaired) electrons. The van der Waals surface area contributed by atoms with Crippen molar-refractivity contribution in [3.05, 3.63) is 35.9 Å². The molecule has 150 valence electrons. The monoisotopic (exact) mass is 396 g/mol. The second-order valence-corrected chi connectivity index (χ2v) is 9.16. The molecule has 0 saturated carbocycles. The van der Waals surface area contributed by atoms with Crippen LogP contribution in [0.2, 0.25) is 0 Å². The van der Waals surface area contributed by atoms with Gasteiger partial charge < -0.3 is 24.1 Å². The molecule has 2 saturated heterocycles. The van der Waals surface area contributed by atoms with Crippen LogP contribution >= 0.6 is 11.8 Å². The number of hydrogen-bond donors (Lipinski definition) is 1. The van der Waals surface area contributed by atoms with Crippen LogP contribution in [0, 0.1) is 5.41 Å². The highest BCUT2D eigenvalue weighted by Crippen LogP contribution is 2.38. The van der Waals surface area contributed by atoms with Crippen molar-refractivity contribution in [2.24, 2.45) is 5.41 Å². The zero-order valence-corrected chi connectivity index (χ0v) is 17.0. The molecule has 2 aliphatic heterocycles. The molecule has 1 aromatic rings. The minimum Gasteiger partial charge on any atom is -0.455 e. The molecular formula is C20H28O6S. The molecule has 0 amide bonds. The summed E-state index contributed by atoms with van der Waals surface area (Å²) in [7, 11) is 0. The molecule has 0 aliphatic carbocycles. The topological polar surface area (TPSA) is 74.2 Å². The molecule has 2 aliphatic rings. The summed E-state index contributed by atoms with van der Waals surface area (Å²) < 4.78 is 23.6. The fourth-order valence-electron chi connectivity index (χ4n) is 3.07. The predicted molar refractivity (Wildman–Crippen MR) is 102 cm³/mol. The van der Waals surface area contributed by atoms with E-state index in [0.717, 1.165) is 11.3 Å². The van der Waals surface area contributed by atoms with E-state index in [0.29, 0.717) is 6.61 Å². The molecule has 2 heterocycles. The van der Waals surface area contributed by atoms with Crippen molar-refractivity contribution in [3.8, 4) is 0 Å². The van der Waals surface area contributed by atoms with Gasteiger partial charge in [-0.2, -0.15) is 0 Å². The number of carbonyl (C=O) groups is 1. The molecule has 6 nitrogen and oxygen atoms in total. The molecular weight excluding hydrogens is 368 g/mol. The molecule has 27 heavy (non-hydrogen) atoms. The zero-order chi connectivity index (χ0) is 19.6. The third-order valence-electron chi connectivity index (χ3n) is 4.57. The highest BCUT2D eigenvalue weighted by atomic mass is 32.2. The number of benzene rings is 1. The predicted octanol–water partition coefficient (Wildman–Crippen LogP) is 2.90. The van der Waals surface area contributed by atoms with Crippen molar-refractivity contribution in [2.45, 2.75) is 63.8 Å². The van der Waals surface area contributed by atoms with Gasteiger partial charge in [-0.1, -0.05) is 37.3 Å². The number of aliphatic hydroxyl groups is 1. The van der Waals surface area contributed by atoms with Crippen LogP contribution in [0.5, 0.6) is 0 Å². The Labute approximate surface area is 164 Å². The Morgan fingerprint density at radius 2 is 1.96 bits per heavy atom. The summed E-state index contributed by atoms with van der Waals surface area (Å²) >= 11 is 1.50. The Morgan fingerprint density at radius 1 is 1.26 bits per heavy atom. The van der Waals surface area contributed by atoms with E-state index in [1.54, 1.807) is 20.8 Å². The zero-order valence-electron chi connectivity index (χ0n) is 16.2. The van der Waals surface area contributed by atoms with Crippen LogP contribution in [0.3, 0.4) is 0 Å². The Balaban J connectivity index is 1.77. The number of esters is 1. The van der Waals surface area contributed by atoms with Crippen LogP contribution in [-0.2, 0) is 23.7 Å². The van der Waals surface area contributed by atoms with Crippen LogP contribution < -0.4 is 0 Å². The number of thioether (sulfide) groups is 1. The van der Waals surface area contributed by atoms with Crippen molar-refractivity contribution in [3.63, 3.8) is 0 Å². The molecule has 0 aromatic heterocycles. The highest BCUT2D eigenvalue weighted by molar-refractivity contribution is 7.99. The van der Waals surface area contributed by atoms with Gasteiger partial charge in [-0.15, -0.1) is 11.8 Å². The lowest BCUT2D eigenvalue weighted by Gasteiger charge is -2.47. The molecule has 1 aromatic carbocycles. The van der Waals surface area contributed by atoms with E-state index in [-0.39, 0.29) is 5.97 Å². The third-order valence-corrected chi connectivity index (χ3v) is 5.61. The summed E-state index contributed by atoms with van der Waals surface area (Å²) in [6, 6.07) is 9.55. The first-order chi connectivity index (χ1) is 12.8. The Bertz CT molecular complexity index is 631. The number of rotatable bonds is 4. The standard InChI is InChI=1S/C20H28O6S/c1-5-27-18-16(26-19(22)20(2,3)4)14(21)15-13(24-18)11-23-17(25-15)12-9-7-6-8-10-12/h6-10,13-18,21H,5,11H2,1-4H3/t13-,14+,15-,16-,17-,18+/m1/s1. The van der Waals surface area contributed by atoms with Crippen molar-refractivity contribution in [1.82, 2.24) is 0 Å². The first kappa shape index (κ1) is 20.6. The van der Waals surface area contributed by atoms with Crippen molar-refractivity contribution < 1.29 is 28.8 Å². The van der Waals surface area contributed by atoms with E-state index in [1.807, 2.05) is 37.3 Å². The van der Waals surface area contributed by atoms with Gasteiger partial charge in [-0.3, -0.25) is 4.79 Å². The molecule has 0 bridgehead atoms. The summed E-state index contributed by atoms with van der Waals surface area (Å²) in [5.41, 5.74) is -0.254. The fraction of sp³-hybridized carbons (Fsp3) is 0.650. The van der Waals surface area contributed by atoms with Gasteiger partial charge in [0.2, 0.25) is 0 Å². The summed E-state index contributed by atoms with van der Waals surface area (Å²) in [5, 5.41) is 11.0. The lowest BCUT2D eigenvalue weighted by atomic mass is 9.95. The summed E-state index contributed by atoms with van der Waals surface area (Å²) in [4.78, 5) is 12.4. The minimum atomic E-state index is -0.991. The largest absolute Gasteiger partial charge is 0.455 e. The maximum atomic E-state index is 12.4. The fourth-order valence-corrected chi connectivity index (χ4v) is 4.03. The SMILES string of the molecule is CCS[C@@H]1O[C@@H]2CO[C@@H](c3ccccc3)O[C@H]2[C@H](O)[C@H]1OC(=O)C(C)(C)C. The van der Waals surface area contributed by atoms with E-state index in [4.69, 9.17) is 18.9 Å². The number of ether oxygens (including phenoxy) is 4. The first-order valence-corrected chi connectivity index (χ1v) is 10.3. The second kappa shape index (κ2) is 8.49. The van der Waals surface area contributed by atoms with Crippen LogP contribution in [0.25, 0.3) is 0 Å².